The van der Waals surface area contributed by atoms with E-state index >= 15 is 0 Å². The highest BCUT2D eigenvalue weighted by atomic mass is 32.1. The van der Waals surface area contributed by atoms with Gasteiger partial charge in [0.25, 0.3) is 5.91 Å². The standard InChI is InChI=1S/C15H19NO3S/c1-4-10-9(3)20-14(12(10)15(18)19)16-13(17)11-7-5-6-8(11)2/h4-7H2,1-3H3,(H,16,17)(H,18,19). The van der Waals surface area contributed by atoms with Crippen LogP contribution in [0.2, 0.25) is 0 Å². The van der Waals surface area contributed by atoms with Crippen LogP contribution in [0.25, 0.3) is 0 Å². The molecule has 2 rings (SSSR count). The fourth-order valence-electron chi connectivity index (χ4n) is 2.70. The van der Waals surface area contributed by atoms with E-state index < -0.39 is 5.97 Å². The van der Waals surface area contributed by atoms with Crippen molar-refractivity contribution >= 4 is 28.2 Å². The molecule has 1 aromatic heterocycles. The summed E-state index contributed by atoms with van der Waals surface area (Å²) in [6.45, 7) is 5.79. The van der Waals surface area contributed by atoms with Crippen molar-refractivity contribution in [1.29, 1.82) is 0 Å². The van der Waals surface area contributed by atoms with Gasteiger partial charge >= 0.3 is 5.97 Å². The van der Waals surface area contributed by atoms with Crippen molar-refractivity contribution in [2.75, 3.05) is 5.32 Å². The summed E-state index contributed by atoms with van der Waals surface area (Å²) < 4.78 is 0. The van der Waals surface area contributed by atoms with E-state index in [1.165, 1.54) is 11.3 Å². The second-order valence-corrected chi connectivity index (χ2v) is 6.29. The zero-order chi connectivity index (χ0) is 14.9. The van der Waals surface area contributed by atoms with Gasteiger partial charge in [-0.1, -0.05) is 12.5 Å². The Bertz CT molecular complexity index is 599. The maximum absolute atomic E-state index is 12.3. The quantitative estimate of drug-likeness (QED) is 0.888. The number of aryl methyl sites for hydroxylation is 1. The van der Waals surface area contributed by atoms with Crippen LogP contribution in [0.3, 0.4) is 0 Å². The van der Waals surface area contributed by atoms with Gasteiger partial charge in [0.1, 0.15) is 5.00 Å². The molecule has 4 nitrogen and oxygen atoms in total. The van der Waals surface area contributed by atoms with E-state index in [9.17, 15) is 14.7 Å². The molecule has 108 valence electrons. The van der Waals surface area contributed by atoms with Gasteiger partial charge in [0, 0.05) is 10.5 Å². The molecule has 1 heterocycles. The Balaban J connectivity index is 2.32. The third-order valence-corrected chi connectivity index (χ3v) is 4.83. The number of carboxylic acids is 1. The van der Waals surface area contributed by atoms with Gasteiger partial charge in [-0.15, -0.1) is 11.3 Å². The van der Waals surface area contributed by atoms with Gasteiger partial charge < -0.3 is 10.4 Å². The number of rotatable bonds is 4. The molecule has 0 aliphatic heterocycles. The molecule has 5 heteroatoms. The number of thiophene rings is 1. The van der Waals surface area contributed by atoms with Gasteiger partial charge in [-0.25, -0.2) is 4.79 Å². The van der Waals surface area contributed by atoms with Crippen LogP contribution in [-0.4, -0.2) is 17.0 Å². The van der Waals surface area contributed by atoms with Crippen LogP contribution in [0.5, 0.6) is 0 Å². The summed E-state index contributed by atoms with van der Waals surface area (Å²) in [6, 6.07) is 0. The predicted molar refractivity (Wildman–Crippen MR) is 80.6 cm³/mol. The molecule has 1 aliphatic rings. The molecule has 0 spiro atoms. The number of allylic oxidation sites excluding steroid dienone is 1. The molecular formula is C15H19NO3S. The van der Waals surface area contributed by atoms with E-state index in [1.54, 1.807) is 0 Å². The van der Waals surface area contributed by atoms with Gasteiger partial charge in [0.05, 0.1) is 5.56 Å². The second-order valence-electron chi connectivity index (χ2n) is 5.07. The zero-order valence-electron chi connectivity index (χ0n) is 12.0. The zero-order valence-corrected chi connectivity index (χ0v) is 12.8. The van der Waals surface area contributed by atoms with Crippen LogP contribution in [0, 0.1) is 6.92 Å². The van der Waals surface area contributed by atoms with E-state index in [1.807, 2.05) is 20.8 Å². The van der Waals surface area contributed by atoms with Crippen molar-refractivity contribution in [1.82, 2.24) is 0 Å². The average Bonchev–Trinajstić information content (AvgIpc) is 2.92. The maximum Gasteiger partial charge on any atom is 0.339 e. The smallest absolute Gasteiger partial charge is 0.339 e. The molecule has 20 heavy (non-hydrogen) atoms. The van der Waals surface area contributed by atoms with Crippen molar-refractivity contribution in [2.24, 2.45) is 0 Å². The molecule has 0 unspecified atom stereocenters. The van der Waals surface area contributed by atoms with Gasteiger partial charge in [0.15, 0.2) is 0 Å². The highest BCUT2D eigenvalue weighted by Crippen LogP contribution is 2.34. The average molecular weight is 293 g/mol. The highest BCUT2D eigenvalue weighted by molar-refractivity contribution is 7.16. The molecule has 1 amide bonds. The van der Waals surface area contributed by atoms with Crippen molar-refractivity contribution in [3.8, 4) is 0 Å². The number of nitrogens with one attached hydrogen (secondary N) is 1. The molecule has 0 bridgehead atoms. The molecular weight excluding hydrogens is 274 g/mol. The molecule has 0 saturated heterocycles. The van der Waals surface area contributed by atoms with Crippen molar-refractivity contribution in [3.63, 3.8) is 0 Å². The van der Waals surface area contributed by atoms with Crippen molar-refractivity contribution in [2.45, 2.75) is 46.5 Å². The minimum Gasteiger partial charge on any atom is -0.478 e. The van der Waals surface area contributed by atoms with Gasteiger partial charge in [0.2, 0.25) is 0 Å². The lowest BCUT2D eigenvalue weighted by Crippen LogP contribution is -2.15. The monoisotopic (exact) mass is 293 g/mol. The minimum atomic E-state index is -0.973. The Morgan fingerprint density at radius 2 is 2.00 bits per heavy atom. The van der Waals surface area contributed by atoms with E-state index in [0.29, 0.717) is 11.4 Å². The molecule has 0 fully saturated rings. The Morgan fingerprint density at radius 3 is 2.50 bits per heavy atom. The first-order valence-electron chi connectivity index (χ1n) is 6.81. The molecule has 1 aliphatic carbocycles. The van der Waals surface area contributed by atoms with Crippen molar-refractivity contribution < 1.29 is 14.7 Å². The number of hydrogen-bond acceptors (Lipinski definition) is 3. The first kappa shape index (κ1) is 14.8. The van der Waals surface area contributed by atoms with Crippen LogP contribution < -0.4 is 5.32 Å². The first-order valence-corrected chi connectivity index (χ1v) is 7.62. The maximum atomic E-state index is 12.3. The fourth-order valence-corrected chi connectivity index (χ4v) is 3.83. The summed E-state index contributed by atoms with van der Waals surface area (Å²) >= 11 is 1.35. The summed E-state index contributed by atoms with van der Waals surface area (Å²) in [5, 5.41) is 12.6. The molecule has 0 atom stereocenters. The Morgan fingerprint density at radius 1 is 1.30 bits per heavy atom. The highest BCUT2D eigenvalue weighted by Gasteiger charge is 2.24. The van der Waals surface area contributed by atoms with Crippen LogP contribution in [0.1, 0.15) is 53.9 Å². The Labute approximate surface area is 122 Å². The molecule has 0 radical (unpaired) electrons. The van der Waals surface area contributed by atoms with Crippen LogP contribution >= 0.6 is 11.3 Å². The Hall–Kier alpha value is -1.62. The van der Waals surface area contributed by atoms with Crippen LogP contribution in [0.4, 0.5) is 5.00 Å². The summed E-state index contributed by atoms with van der Waals surface area (Å²) in [6.07, 6.45) is 3.40. The van der Waals surface area contributed by atoms with E-state index in [-0.39, 0.29) is 11.5 Å². The lowest BCUT2D eigenvalue weighted by atomic mass is 10.1. The van der Waals surface area contributed by atoms with Gasteiger partial charge in [-0.3, -0.25) is 4.79 Å². The number of carbonyl (C=O) groups excluding carboxylic acids is 1. The van der Waals surface area contributed by atoms with E-state index in [4.69, 9.17) is 0 Å². The van der Waals surface area contributed by atoms with E-state index in [0.717, 1.165) is 40.8 Å². The number of aromatic carboxylic acids is 1. The lowest BCUT2D eigenvalue weighted by Gasteiger charge is -2.06. The number of amides is 1. The second kappa shape index (κ2) is 5.79. The number of carbonyl (C=O) groups is 2. The first-order chi connectivity index (χ1) is 9.45. The summed E-state index contributed by atoms with van der Waals surface area (Å²) in [4.78, 5) is 24.6. The normalized spacial score (nSPS) is 14.8. The fraction of sp³-hybridized carbons (Fsp3) is 0.467. The van der Waals surface area contributed by atoms with Gasteiger partial charge in [-0.2, -0.15) is 0 Å². The number of carboxylic acid groups (broad SMARTS) is 1. The van der Waals surface area contributed by atoms with E-state index in [2.05, 4.69) is 5.32 Å². The molecule has 1 aromatic rings. The van der Waals surface area contributed by atoms with Crippen LogP contribution in [-0.2, 0) is 11.2 Å². The summed E-state index contributed by atoms with van der Waals surface area (Å²) in [5.41, 5.74) is 2.99. The SMILES string of the molecule is CCc1c(C)sc(NC(=O)C2=C(C)CCC2)c1C(=O)O. The third kappa shape index (κ3) is 2.63. The van der Waals surface area contributed by atoms with Gasteiger partial charge in [-0.05, 0) is 45.1 Å². The largest absolute Gasteiger partial charge is 0.478 e. The lowest BCUT2D eigenvalue weighted by molar-refractivity contribution is -0.112. The third-order valence-electron chi connectivity index (χ3n) is 3.77. The minimum absolute atomic E-state index is 0.147. The summed E-state index contributed by atoms with van der Waals surface area (Å²) in [7, 11) is 0. The van der Waals surface area contributed by atoms with Crippen LogP contribution in [0.15, 0.2) is 11.1 Å². The number of hydrogen-bond donors (Lipinski definition) is 2. The summed E-state index contributed by atoms with van der Waals surface area (Å²) in [5.74, 6) is -1.12. The van der Waals surface area contributed by atoms with Crippen molar-refractivity contribution in [3.05, 3.63) is 27.2 Å². The molecule has 0 saturated carbocycles. The molecule has 0 aromatic carbocycles. The Kier molecular flexibility index (Phi) is 4.28. The predicted octanol–water partition coefficient (Wildman–Crippen LogP) is 3.76. The topological polar surface area (TPSA) is 66.4 Å². The number of anilines is 1. The molecule has 2 N–H and O–H groups in total.